The number of aromatic nitrogens is 4. The molecule has 1 saturated carbocycles. The van der Waals surface area contributed by atoms with Crippen LogP contribution in [0.4, 0.5) is 0 Å². The van der Waals surface area contributed by atoms with Crippen molar-refractivity contribution in [3.8, 4) is 0 Å². The van der Waals surface area contributed by atoms with Crippen LogP contribution in [0.25, 0.3) is 0 Å². The van der Waals surface area contributed by atoms with Crippen molar-refractivity contribution in [3.63, 3.8) is 0 Å². The van der Waals surface area contributed by atoms with Gasteiger partial charge in [-0.1, -0.05) is 19.1 Å². The lowest BCUT2D eigenvalue weighted by Crippen LogP contribution is -2.41. The maximum Gasteiger partial charge on any atom is 0.223 e. The summed E-state index contributed by atoms with van der Waals surface area (Å²) in [5.41, 5.74) is 0.0524. The smallest absolute Gasteiger partial charge is 0.223 e. The lowest BCUT2D eigenvalue weighted by molar-refractivity contribution is -0.131. The molecule has 1 aliphatic heterocycles. The molecule has 0 spiro atoms. The lowest BCUT2D eigenvalue weighted by atomic mass is 9.79. The molecule has 0 aromatic carbocycles. The first-order valence-electron chi connectivity index (χ1n) is 7.70. The molecule has 2 N–H and O–H groups in total. The quantitative estimate of drug-likeness (QED) is 0.855. The number of ether oxygens (including phenoxy) is 1. The summed E-state index contributed by atoms with van der Waals surface area (Å²) < 4.78 is 5.80. The highest BCUT2D eigenvalue weighted by molar-refractivity contribution is 5.77. The van der Waals surface area contributed by atoms with Gasteiger partial charge < -0.3 is 10.1 Å². The lowest BCUT2D eigenvalue weighted by Gasteiger charge is -2.38. The van der Waals surface area contributed by atoms with Crippen molar-refractivity contribution in [2.75, 3.05) is 6.61 Å². The van der Waals surface area contributed by atoms with E-state index < -0.39 is 0 Å². The van der Waals surface area contributed by atoms with Gasteiger partial charge in [0.25, 0.3) is 0 Å². The van der Waals surface area contributed by atoms with E-state index in [2.05, 4.69) is 39.8 Å². The predicted molar refractivity (Wildman–Crippen MR) is 75.2 cm³/mol. The van der Waals surface area contributed by atoms with Gasteiger partial charge in [0.2, 0.25) is 5.91 Å². The highest BCUT2D eigenvalue weighted by Crippen LogP contribution is 2.40. The average Bonchev–Trinajstić information content (AvgIpc) is 3.13. The van der Waals surface area contributed by atoms with Gasteiger partial charge in [0, 0.05) is 6.61 Å². The van der Waals surface area contributed by atoms with Crippen LogP contribution in [0.2, 0.25) is 0 Å². The summed E-state index contributed by atoms with van der Waals surface area (Å²) in [4.78, 5) is 12.4. The Morgan fingerprint density at radius 2 is 2.33 bits per heavy atom. The monoisotopic (exact) mass is 293 g/mol. The van der Waals surface area contributed by atoms with Gasteiger partial charge in [-0.05, 0) is 37.0 Å². The fourth-order valence-corrected chi connectivity index (χ4v) is 3.00. The second kappa shape index (κ2) is 5.71. The number of hydrogen-bond donors (Lipinski definition) is 2. The number of rotatable bonds is 5. The van der Waals surface area contributed by atoms with E-state index in [1.807, 2.05) is 0 Å². The molecule has 116 valence electrons. The minimum atomic E-state index is -0.122. The SMILES string of the molecule is CC1(C)CCCOC1CC(=O)NC(c1nn[nH]n1)C1CC1. The molecule has 1 aromatic rings. The summed E-state index contributed by atoms with van der Waals surface area (Å²) in [7, 11) is 0. The second-order valence-electron chi connectivity index (χ2n) is 6.81. The zero-order chi connectivity index (χ0) is 14.9. The van der Waals surface area contributed by atoms with Gasteiger partial charge in [0.15, 0.2) is 5.82 Å². The van der Waals surface area contributed by atoms with Gasteiger partial charge in [-0.2, -0.15) is 5.21 Å². The Bertz CT molecular complexity index is 484. The number of tetrazole rings is 1. The highest BCUT2D eigenvalue weighted by atomic mass is 16.5. The molecule has 7 nitrogen and oxygen atoms in total. The van der Waals surface area contributed by atoms with Crippen molar-refractivity contribution in [3.05, 3.63) is 5.82 Å². The second-order valence-corrected chi connectivity index (χ2v) is 6.81. The number of nitrogens with one attached hydrogen (secondary N) is 2. The van der Waals surface area contributed by atoms with E-state index in [4.69, 9.17) is 4.74 Å². The molecular formula is C14H23N5O2. The zero-order valence-electron chi connectivity index (χ0n) is 12.6. The summed E-state index contributed by atoms with van der Waals surface area (Å²) in [5, 5.41) is 17.1. The fraction of sp³-hybridized carbons (Fsp3) is 0.857. The van der Waals surface area contributed by atoms with Crippen LogP contribution >= 0.6 is 0 Å². The minimum Gasteiger partial charge on any atom is -0.377 e. The normalized spacial score (nSPS) is 26.3. The van der Waals surface area contributed by atoms with Gasteiger partial charge >= 0.3 is 0 Å². The molecule has 1 saturated heterocycles. The van der Waals surface area contributed by atoms with E-state index in [0.29, 0.717) is 18.2 Å². The summed E-state index contributed by atoms with van der Waals surface area (Å²) in [6, 6.07) is -0.122. The number of carbonyl (C=O) groups excluding carboxylic acids is 1. The summed E-state index contributed by atoms with van der Waals surface area (Å²) in [6.45, 7) is 5.08. The van der Waals surface area contributed by atoms with E-state index in [-0.39, 0.29) is 23.5 Å². The van der Waals surface area contributed by atoms with Gasteiger partial charge in [0.1, 0.15) is 0 Å². The van der Waals surface area contributed by atoms with Gasteiger partial charge in [-0.15, -0.1) is 10.2 Å². The first-order valence-corrected chi connectivity index (χ1v) is 7.70. The number of H-pyrrole nitrogens is 1. The third kappa shape index (κ3) is 3.40. The molecule has 3 rings (SSSR count). The molecule has 1 aromatic heterocycles. The average molecular weight is 293 g/mol. The Labute approximate surface area is 124 Å². The van der Waals surface area contributed by atoms with Crippen molar-refractivity contribution in [1.29, 1.82) is 0 Å². The van der Waals surface area contributed by atoms with Crippen LogP contribution in [0.15, 0.2) is 0 Å². The topological polar surface area (TPSA) is 92.8 Å². The summed E-state index contributed by atoms with van der Waals surface area (Å²) in [6.07, 6.45) is 4.75. The molecule has 7 heteroatoms. The van der Waals surface area contributed by atoms with E-state index in [1.165, 1.54) is 0 Å². The van der Waals surface area contributed by atoms with Gasteiger partial charge in [0.05, 0.1) is 18.6 Å². The first kappa shape index (κ1) is 14.4. The first-order chi connectivity index (χ1) is 10.1. The standard InChI is InChI=1S/C14H23N5O2/c1-14(2)6-3-7-21-10(14)8-11(20)15-12(9-4-5-9)13-16-18-19-17-13/h9-10,12H,3-8H2,1-2H3,(H,15,20)(H,16,17,18,19). The molecule has 1 aliphatic carbocycles. The predicted octanol–water partition coefficient (Wildman–Crippen LogP) is 1.36. The maximum atomic E-state index is 12.4. The molecule has 1 amide bonds. The van der Waals surface area contributed by atoms with Crippen LogP contribution in [0, 0.1) is 11.3 Å². The number of carbonyl (C=O) groups is 1. The van der Waals surface area contributed by atoms with Gasteiger partial charge in [-0.25, -0.2) is 0 Å². The highest BCUT2D eigenvalue weighted by Gasteiger charge is 2.38. The molecule has 2 unspecified atom stereocenters. The van der Waals surface area contributed by atoms with E-state index in [9.17, 15) is 4.79 Å². The molecular weight excluding hydrogens is 270 g/mol. The third-order valence-electron chi connectivity index (χ3n) is 4.58. The minimum absolute atomic E-state index is 0.0108. The Kier molecular flexibility index (Phi) is 3.93. The van der Waals surface area contributed by atoms with Crippen LogP contribution in [0.5, 0.6) is 0 Å². The van der Waals surface area contributed by atoms with Crippen LogP contribution < -0.4 is 5.32 Å². The van der Waals surface area contributed by atoms with Crippen molar-refractivity contribution in [1.82, 2.24) is 25.9 Å². The Balaban J connectivity index is 1.60. The molecule has 0 radical (unpaired) electrons. The largest absolute Gasteiger partial charge is 0.377 e. The number of hydrogen-bond acceptors (Lipinski definition) is 5. The number of aromatic amines is 1. The summed E-state index contributed by atoms with van der Waals surface area (Å²) in [5.74, 6) is 1.03. The van der Waals surface area contributed by atoms with E-state index in [1.54, 1.807) is 0 Å². The summed E-state index contributed by atoms with van der Waals surface area (Å²) >= 11 is 0. The maximum absolute atomic E-state index is 12.4. The van der Waals surface area contributed by atoms with Crippen LogP contribution in [-0.4, -0.2) is 39.2 Å². The van der Waals surface area contributed by atoms with Crippen LogP contribution in [0.3, 0.4) is 0 Å². The van der Waals surface area contributed by atoms with Crippen LogP contribution in [-0.2, 0) is 9.53 Å². The number of nitrogens with zero attached hydrogens (tertiary/aromatic N) is 3. The molecule has 2 fully saturated rings. The number of amides is 1. The van der Waals surface area contributed by atoms with E-state index in [0.717, 1.165) is 32.3 Å². The molecule has 21 heavy (non-hydrogen) atoms. The molecule has 2 aliphatic rings. The Hall–Kier alpha value is -1.50. The third-order valence-corrected chi connectivity index (χ3v) is 4.58. The van der Waals surface area contributed by atoms with Crippen molar-refractivity contribution < 1.29 is 9.53 Å². The van der Waals surface area contributed by atoms with E-state index >= 15 is 0 Å². The molecule has 0 bridgehead atoms. The van der Waals surface area contributed by atoms with Crippen molar-refractivity contribution >= 4 is 5.91 Å². The molecule has 2 atom stereocenters. The van der Waals surface area contributed by atoms with Crippen molar-refractivity contribution in [2.24, 2.45) is 11.3 Å². The van der Waals surface area contributed by atoms with Gasteiger partial charge in [-0.3, -0.25) is 4.79 Å². The fourth-order valence-electron chi connectivity index (χ4n) is 3.00. The zero-order valence-corrected chi connectivity index (χ0v) is 12.6. The Morgan fingerprint density at radius 3 is 2.95 bits per heavy atom. The molecule has 2 heterocycles. The Morgan fingerprint density at radius 1 is 1.52 bits per heavy atom. The van der Waals surface area contributed by atoms with Crippen molar-refractivity contribution in [2.45, 2.75) is 58.1 Å². The van der Waals surface area contributed by atoms with Crippen LogP contribution in [0.1, 0.15) is 57.8 Å².